The molecule has 0 spiro atoms. The van der Waals surface area contributed by atoms with E-state index in [-0.39, 0.29) is 0 Å². The molecular formula is C48H77NO2S. The third-order valence-electron chi connectivity index (χ3n) is 19.5. The van der Waals surface area contributed by atoms with Gasteiger partial charge in [0.05, 0.1) is 24.4 Å². The highest BCUT2D eigenvalue weighted by molar-refractivity contribution is 8.00. The molecule has 3 nitrogen and oxygen atoms in total. The van der Waals surface area contributed by atoms with Gasteiger partial charge < -0.3 is 9.47 Å². The highest BCUT2D eigenvalue weighted by Gasteiger charge is 2.60. The number of ether oxygens (including phenoxy) is 2. The lowest BCUT2D eigenvalue weighted by molar-refractivity contribution is -0.0888. The Balaban J connectivity index is 0.800. The second kappa shape index (κ2) is 15.2. The average molecular weight is 732 g/mol. The summed E-state index contributed by atoms with van der Waals surface area (Å²) in [7, 11) is 0. The van der Waals surface area contributed by atoms with Crippen LogP contribution in [-0.4, -0.2) is 57.9 Å². The Morgan fingerprint density at radius 3 is 1.79 bits per heavy atom. The van der Waals surface area contributed by atoms with Gasteiger partial charge in [-0.1, -0.05) is 70.6 Å². The van der Waals surface area contributed by atoms with Crippen molar-refractivity contribution in [2.45, 2.75) is 239 Å². The van der Waals surface area contributed by atoms with Crippen LogP contribution in [0.15, 0.2) is 0 Å². The van der Waals surface area contributed by atoms with Crippen LogP contribution >= 0.6 is 11.8 Å². The zero-order valence-electron chi connectivity index (χ0n) is 33.1. The monoisotopic (exact) mass is 732 g/mol. The van der Waals surface area contributed by atoms with Gasteiger partial charge in [-0.25, -0.2) is 0 Å². The molecular weight excluding hydrogens is 655 g/mol. The van der Waals surface area contributed by atoms with Gasteiger partial charge in [0.2, 0.25) is 0 Å². The Bertz CT molecular complexity index is 1200. The largest absolute Gasteiger partial charge is 0.374 e. The summed E-state index contributed by atoms with van der Waals surface area (Å²) in [5.41, 5.74) is 0. The first-order chi connectivity index (χ1) is 25.8. The molecule has 11 fully saturated rings. The van der Waals surface area contributed by atoms with E-state index in [1.54, 1.807) is 32.1 Å². The summed E-state index contributed by atoms with van der Waals surface area (Å²) < 4.78 is 14.3. The van der Waals surface area contributed by atoms with E-state index >= 15 is 0 Å². The zero-order chi connectivity index (χ0) is 34.2. The maximum Gasteiger partial charge on any atom is 0.0667 e. The normalized spacial score (nSPS) is 53.7. The predicted octanol–water partition coefficient (Wildman–Crippen LogP) is 12.0. The second-order valence-electron chi connectivity index (χ2n) is 21.5. The van der Waals surface area contributed by atoms with E-state index in [4.69, 9.17) is 9.47 Å². The molecule has 11 aliphatic rings. The van der Waals surface area contributed by atoms with Gasteiger partial charge in [0, 0.05) is 34.5 Å². The maximum absolute atomic E-state index is 7.53. The van der Waals surface area contributed by atoms with Crippen molar-refractivity contribution in [3.8, 4) is 0 Å². The van der Waals surface area contributed by atoms with Crippen LogP contribution in [0, 0.1) is 59.2 Å². The van der Waals surface area contributed by atoms with Gasteiger partial charge in [0.25, 0.3) is 0 Å². The van der Waals surface area contributed by atoms with Crippen LogP contribution in [-0.2, 0) is 9.47 Å². The quantitative estimate of drug-likeness (QED) is 0.281. The van der Waals surface area contributed by atoms with Crippen molar-refractivity contribution in [2.24, 2.45) is 59.2 Å². The molecule has 0 N–H and O–H groups in total. The smallest absolute Gasteiger partial charge is 0.0667 e. The minimum Gasteiger partial charge on any atom is -0.374 e. The van der Waals surface area contributed by atoms with Crippen molar-refractivity contribution in [1.82, 2.24) is 4.90 Å². The van der Waals surface area contributed by atoms with E-state index in [0.29, 0.717) is 24.4 Å². The van der Waals surface area contributed by atoms with Crippen LogP contribution in [0.3, 0.4) is 0 Å². The van der Waals surface area contributed by atoms with E-state index < -0.39 is 0 Å². The van der Waals surface area contributed by atoms with Crippen LogP contribution in [0.25, 0.3) is 0 Å². The maximum atomic E-state index is 7.53. The van der Waals surface area contributed by atoms with Gasteiger partial charge in [-0.3, -0.25) is 4.90 Å². The summed E-state index contributed by atoms with van der Waals surface area (Å²) >= 11 is 2.51. The summed E-state index contributed by atoms with van der Waals surface area (Å²) in [4.78, 5) is 3.41. The van der Waals surface area contributed by atoms with Crippen molar-refractivity contribution < 1.29 is 9.47 Å². The predicted molar refractivity (Wildman–Crippen MR) is 214 cm³/mol. The van der Waals surface area contributed by atoms with E-state index in [9.17, 15) is 0 Å². The molecule has 0 bridgehead atoms. The lowest BCUT2D eigenvalue weighted by Crippen LogP contribution is -2.57. The van der Waals surface area contributed by atoms with Gasteiger partial charge in [-0.05, 0) is 169 Å². The Morgan fingerprint density at radius 1 is 0.346 bits per heavy atom. The van der Waals surface area contributed by atoms with Crippen LogP contribution in [0.5, 0.6) is 0 Å². The first-order valence-corrected chi connectivity index (χ1v) is 25.5. The topological polar surface area (TPSA) is 21.7 Å². The number of nitrogens with zero attached hydrogens (tertiary/aromatic N) is 1. The standard InChI is InChI=1S/C48H77NO2S/c1-2-10-30(11-3-1)31-20-24-33(25-21-31)49(40-16-9-19-44-45(40)39-13-5-7-18-43(39)52-44)34-26-22-32(23-27-34)35-14-8-15-36-37-28-29-42-46(48(37)51-47(35)36)38-12-4-6-17-41(38)50-42/h30-48H,1-29H2. The Hall–Kier alpha value is 0.230. The average Bonchev–Trinajstić information content (AvgIpc) is 3.90. The molecule has 0 aromatic carbocycles. The first-order valence-electron chi connectivity index (χ1n) is 24.5. The fraction of sp³-hybridized carbons (Fsp3) is 1.00. The zero-order valence-corrected chi connectivity index (χ0v) is 34.0. The van der Waals surface area contributed by atoms with Crippen LogP contribution in [0.2, 0.25) is 0 Å². The van der Waals surface area contributed by atoms with Crippen molar-refractivity contribution >= 4 is 11.8 Å². The van der Waals surface area contributed by atoms with Crippen LogP contribution in [0.4, 0.5) is 0 Å². The van der Waals surface area contributed by atoms with E-state index in [2.05, 4.69) is 16.7 Å². The fourth-order valence-electron chi connectivity index (χ4n) is 17.4. The minimum absolute atomic E-state index is 0.522. The highest BCUT2D eigenvalue weighted by atomic mass is 32.2. The molecule has 52 heavy (non-hydrogen) atoms. The number of thioether (sulfide) groups is 1. The molecule has 0 amide bonds. The first kappa shape index (κ1) is 35.4. The molecule has 0 aromatic rings. The Morgan fingerprint density at radius 2 is 0.962 bits per heavy atom. The second-order valence-corrected chi connectivity index (χ2v) is 23.0. The SMILES string of the molecule is C1CCC(C2CCC(N(C3CCC(C4CCCC5C6CCC7OC8CCCCC8C7C6OC45)CC3)C3CCCC4SC5CCCCC5C43)CC2)CC1. The molecule has 11 rings (SSSR count). The Kier molecular flexibility index (Phi) is 10.3. The number of rotatable bonds is 5. The van der Waals surface area contributed by atoms with Crippen LogP contribution < -0.4 is 0 Å². The summed E-state index contributed by atoms with van der Waals surface area (Å²) in [5, 5.41) is 1.99. The summed E-state index contributed by atoms with van der Waals surface area (Å²) in [5.74, 6) is 9.21. The van der Waals surface area contributed by atoms with Crippen molar-refractivity contribution in [3.05, 3.63) is 0 Å². The lowest BCUT2D eigenvalue weighted by Gasteiger charge is -2.53. The van der Waals surface area contributed by atoms with E-state index in [1.165, 1.54) is 154 Å². The molecule has 3 aliphatic heterocycles. The Labute approximate surface area is 323 Å². The minimum atomic E-state index is 0.522. The third kappa shape index (κ3) is 6.28. The van der Waals surface area contributed by atoms with Crippen molar-refractivity contribution in [1.29, 1.82) is 0 Å². The molecule has 14 unspecified atom stereocenters. The fourth-order valence-corrected chi connectivity index (χ4v) is 19.5. The molecule has 3 heterocycles. The van der Waals surface area contributed by atoms with Gasteiger partial charge in [0.1, 0.15) is 0 Å². The summed E-state index contributed by atoms with van der Waals surface area (Å²) in [6.45, 7) is 0. The highest BCUT2D eigenvalue weighted by Crippen LogP contribution is 2.60. The molecule has 0 radical (unpaired) electrons. The molecule has 14 atom stereocenters. The molecule has 292 valence electrons. The molecule has 8 aliphatic carbocycles. The van der Waals surface area contributed by atoms with Crippen molar-refractivity contribution in [3.63, 3.8) is 0 Å². The van der Waals surface area contributed by atoms with E-state index in [0.717, 1.165) is 87.8 Å². The van der Waals surface area contributed by atoms with Gasteiger partial charge in [-0.15, -0.1) is 0 Å². The molecule has 0 aromatic heterocycles. The van der Waals surface area contributed by atoms with Gasteiger partial charge in [-0.2, -0.15) is 11.8 Å². The van der Waals surface area contributed by atoms with E-state index in [1.807, 2.05) is 0 Å². The number of fused-ring (bicyclic) bond motifs is 10. The third-order valence-corrected chi connectivity index (χ3v) is 21.3. The van der Waals surface area contributed by atoms with Crippen LogP contribution in [0.1, 0.15) is 186 Å². The molecule has 8 saturated carbocycles. The number of hydrogen-bond donors (Lipinski definition) is 0. The summed E-state index contributed by atoms with van der Waals surface area (Å²) in [6, 6.07) is 2.67. The summed E-state index contributed by atoms with van der Waals surface area (Å²) in [6.07, 6.45) is 45.5. The van der Waals surface area contributed by atoms with Gasteiger partial charge >= 0.3 is 0 Å². The van der Waals surface area contributed by atoms with Gasteiger partial charge in [0.15, 0.2) is 0 Å². The van der Waals surface area contributed by atoms with Crippen molar-refractivity contribution in [2.75, 3.05) is 0 Å². The lowest BCUT2D eigenvalue weighted by atomic mass is 9.62. The molecule has 3 saturated heterocycles. The molecule has 4 heteroatoms. The number of hydrogen-bond acceptors (Lipinski definition) is 4.